The van der Waals surface area contributed by atoms with Gasteiger partial charge in [0.15, 0.2) is 0 Å². The van der Waals surface area contributed by atoms with E-state index in [4.69, 9.17) is 113 Å². The number of aliphatic hydroxyl groups excluding tert-OH is 4. The number of nitrogens with one attached hydrogen (secondary N) is 3. The van der Waals surface area contributed by atoms with Crippen LogP contribution in [0.1, 0.15) is 168 Å². The standard InChI is InChI=1S/2C26H27N3O4.C22H19N3O4.C2H6O.C2H2O.5CO.2Co.Fe.3HNO3/c2*1-5-12-29(18-9-6-16(7-10-18)25(32)33-26(2,3)4)22-11-8-17-13-21-20(14-19(17)22)24(31)28-23(15-30)27-21;1-2-9-25(15-6-3-13(4-7-15)22(28)29)19-8-5-14-10-18-17(11-16(14)19)21(27)24-20(12-26)23-18;2*1-2-3;5*1-2;;;;3*2-1(3)4/h2*1,6-7,9-10,13-14,22,30H,8,11-12,15H2,2-4H3,(H,27,28,31);1,3-4,6-7,10-11,19,26H,5,8-9,12H2,(H,28,29)(H,23,24,27);3H,2H2,1H3;1H2;;;;;;;;;3*(H,2,3,4). The van der Waals surface area contributed by atoms with Gasteiger partial charge in [0.05, 0.1) is 87.2 Å². The second-order valence-electron chi connectivity index (χ2n) is 26.5. The van der Waals surface area contributed by atoms with E-state index in [-0.39, 0.29) is 147 Å². The van der Waals surface area contributed by atoms with Gasteiger partial charge < -0.3 is 80.3 Å². The van der Waals surface area contributed by atoms with E-state index in [1.165, 1.54) is 5.94 Å². The molecule has 6 aromatic carbocycles. The molecule has 3 unspecified atom stereocenters. The van der Waals surface area contributed by atoms with Gasteiger partial charge >= 0.3 is 74.4 Å². The average Bonchev–Trinajstić information content (AvgIpc) is 1.57. The maximum absolute atomic E-state index is 12.5. The van der Waals surface area contributed by atoms with Crippen LogP contribution in [0.5, 0.6) is 0 Å². The Labute approximate surface area is 750 Å². The Kier molecular flexibility index (Phi) is 57.2. The molecule has 670 valence electrons. The minimum Gasteiger partial charge on any atom is 0 e. The number of terminal acetylenes is 3. The van der Waals surface area contributed by atoms with Crippen molar-refractivity contribution < 1.29 is 159 Å². The largest absolute Gasteiger partial charge is 0 e. The molecule has 40 nitrogen and oxygen atoms in total. The van der Waals surface area contributed by atoms with Crippen LogP contribution < -0.4 is 31.4 Å². The van der Waals surface area contributed by atoms with E-state index in [1.54, 1.807) is 55.5 Å². The summed E-state index contributed by atoms with van der Waals surface area (Å²) in [4.78, 5) is 134. The number of carboxylic acids is 1. The molecule has 0 bridgehead atoms. The second kappa shape index (κ2) is 60.8. The maximum Gasteiger partial charge on any atom is 0 e. The molecule has 0 saturated heterocycles. The number of ether oxygens (including phenoxy) is 2. The summed E-state index contributed by atoms with van der Waals surface area (Å²) < 4.78 is 48.4. The number of aromatic amines is 3. The molecule has 9 aromatic rings. The number of hydrogen-bond acceptors (Lipinski definition) is 25. The van der Waals surface area contributed by atoms with E-state index in [2.05, 4.69) is 97.3 Å². The number of H-pyrrole nitrogens is 3. The van der Waals surface area contributed by atoms with E-state index >= 15 is 0 Å². The minimum absolute atomic E-state index is 0. The SMILES string of the molecule is C#CCN(c1ccc(C(=O)O)cc1)C1CCc2cc3nc(CO)[nH]c(=O)c3cc21.C#CCN(c1ccc(C(=O)OC(C)(C)C)cc1)C1CCc2cc3nc(CO)[nH]c(=O)c3cc21.C#CCN(c1ccc(C(=O)OC(C)(C)C)cc1)C1CCc2cc3nc(CO)[nH]c(=O)c3cc21.C=C=O.CCO.O=[N+]([O-])O.O=[N+]([O-])O.O=[N+]([O-])O.[C-]#[O+].[C-]#[O+].[C-]#[O+].[C-]#[O+].[C-]#[O+].[Co].[Co].[Fe]. The van der Waals surface area contributed by atoms with Gasteiger partial charge in [0.1, 0.15) is 54.4 Å². The topological polar surface area (TPSA) is 624 Å². The van der Waals surface area contributed by atoms with Crippen molar-refractivity contribution in [3.8, 4) is 37.0 Å². The van der Waals surface area contributed by atoms with Gasteiger partial charge in [-0.05, 0) is 236 Å². The van der Waals surface area contributed by atoms with Crippen LogP contribution in [0.3, 0.4) is 0 Å². The van der Waals surface area contributed by atoms with Crippen LogP contribution >= 0.6 is 0 Å². The number of carboxylic acid groups (broad SMARTS) is 1. The molecule has 0 amide bonds. The zero-order valence-electron chi connectivity index (χ0n) is 68.0. The number of aryl methyl sites for hydroxylation is 3. The Hall–Kier alpha value is -13.6. The summed E-state index contributed by atoms with van der Waals surface area (Å²) in [6, 6.07) is 32.4. The van der Waals surface area contributed by atoms with Gasteiger partial charge in [-0.1, -0.05) is 17.8 Å². The first-order valence-electron chi connectivity index (χ1n) is 35.3. The fourth-order valence-electron chi connectivity index (χ4n) is 12.5. The van der Waals surface area contributed by atoms with Crippen molar-refractivity contribution in [1.82, 2.24) is 29.9 Å². The number of esters is 2. The molecule has 3 atom stereocenters. The van der Waals surface area contributed by atoms with E-state index in [9.17, 15) is 44.1 Å². The zero-order chi connectivity index (χ0) is 94.2. The van der Waals surface area contributed by atoms with E-state index < -0.39 is 32.4 Å². The van der Waals surface area contributed by atoms with Gasteiger partial charge in [-0.25, -0.2) is 34.1 Å². The summed E-state index contributed by atoms with van der Waals surface area (Å²) in [6.45, 7) is 38.3. The Balaban J connectivity index is -0.000000763. The number of aromatic nitrogens is 6. The molecule has 126 heavy (non-hydrogen) atoms. The van der Waals surface area contributed by atoms with Crippen LogP contribution in [0.4, 0.5) is 17.1 Å². The molecule has 0 spiro atoms. The molecule has 3 aliphatic rings. The molecule has 3 aliphatic carbocycles. The fraction of sp³-hybridized carbons (Fsp3) is 0.301. The molecule has 3 aromatic heterocycles. The molecule has 12 rings (SSSR count). The monoisotopic (exact) mass is 1870 g/mol. The number of rotatable bonds is 15. The molecular weight excluding hydrogens is 1790 g/mol. The van der Waals surface area contributed by atoms with Gasteiger partial charge in [-0.15, -0.1) is 49.6 Å². The van der Waals surface area contributed by atoms with Crippen LogP contribution in [0, 0.1) is 101 Å². The number of fused-ring (bicyclic) bond motifs is 6. The third-order valence-corrected chi connectivity index (χ3v) is 16.7. The summed E-state index contributed by atoms with van der Waals surface area (Å²) in [5.41, 5.74) is 9.93. The third-order valence-electron chi connectivity index (χ3n) is 16.7. The van der Waals surface area contributed by atoms with E-state index in [0.29, 0.717) is 63.5 Å². The molecule has 2 radical (unpaired) electrons. The number of carbonyl (C=O) groups is 3. The Morgan fingerprint density at radius 1 is 0.492 bits per heavy atom. The molecule has 3 heterocycles. The van der Waals surface area contributed by atoms with Crippen molar-refractivity contribution in [2.45, 2.75) is 136 Å². The van der Waals surface area contributed by atoms with Gasteiger partial charge in [-0.3, -0.25) is 14.4 Å². The average molecular weight is 1870 g/mol. The van der Waals surface area contributed by atoms with Crippen molar-refractivity contribution in [1.29, 1.82) is 0 Å². The zero-order valence-corrected chi connectivity index (χ0v) is 71.2. The smallest absolute Gasteiger partial charge is 0 e. The fourth-order valence-corrected chi connectivity index (χ4v) is 12.5. The summed E-state index contributed by atoms with van der Waals surface area (Å²) in [7, 11) is 0. The molecule has 11 N–H and O–H groups in total. The Morgan fingerprint density at radius 2 is 0.698 bits per heavy atom. The van der Waals surface area contributed by atoms with Crippen molar-refractivity contribution in [2.24, 2.45) is 0 Å². The minimum atomic E-state index is -1.50. The molecule has 0 saturated carbocycles. The Bertz CT molecular complexity index is 5270. The van der Waals surface area contributed by atoms with Crippen LogP contribution in [-0.2, 0) is 127 Å². The quantitative estimate of drug-likeness (QED) is 0.00676. The molecule has 43 heteroatoms. The van der Waals surface area contributed by atoms with Crippen molar-refractivity contribution in [3.05, 3.63) is 278 Å². The summed E-state index contributed by atoms with van der Waals surface area (Å²) >= 11 is 0. The van der Waals surface area contributed by atoms with Crippen LogP contribution in [-0.4, -0.2) is 148 Å². The molecule has 0 fully saturated rings. The second-order valence-corrected chi connectivity index (χ2v) is 26.5. The molecular formula is C83H84Co2FeN12O28. The van der Waals surface area contributed by atoms with Crippen molar-refractivity contribution >= 4 is 73.6 Å². The first-order valence-corrected chi connectivity index (χ1v) is 35.3. The number of aromatic carboxylic acids is 1. The predicted octanol–water partition coefficient (Wildman–Crippen LogP) is 8.00. The summed E-state index contributed by atoms with van der Waals surface area (Å²) in [5, 5.41) is 87.0. The van der Waals surface area contributed by atoms with Crippen LogP contribution in [0.2, 0.25) is 0 Å². The number of anilines is 3. The first-order chi connectivity index (χ1) is 58.4. The molecule has 0 aliphatic heterocycles. The number of carbonyl (C=O) groups excluding carboxylic acids is 3. The third kappa shape index (κ3) is 37.2. The predicted molar refractivity (Wildman–Crippen MR) is 433 cm³/mol. The van der Waals surface area contributed by atoms with Crippen molar-refractivity contribution in [2.75, 3.05) is 40.9 Å². The van der Waals surface area contributed by atoms with E-state index in [0.717, 1.165) is 89.0 Å². The van der Waals surface area contributed by atoms with Gasteiger partial charge in [0.2, 0.25) is 0 Å². The number of benzene rings is 6. The van der Waals surface area contributed by atoms with Crippen LogP contribution in [0.25, 0.3) is 32.7 Å². The number of hydrogen-bond donors (Lipinski definition) is 11. The maximum atomic E-state index is 12.5. The number of aliphatic hydroxyl groups is 4. The number of nitrogens with zero attached hydrogens (tertiary/aromatic N) is 9. The van der Waals surface area contributed by atoms with Gasteiger partial charge in [-0.2, -0.15) is 0 Å². The summed E-state index contributed by atoms with van der Waals surface area (Å²) in [5.74, 6) is 8.41. The Morgan fingerprint density at radius 3 is 0.881 bits per heavy atom. The first kappa shape index (κ1) is 119. The van der Waals surface area contributed by atoms with E-state index in [1.807, 2.05) is 107 Å². The van der Waals surface area contributed by atoms with Crippen LogP contribution in [0.15, 0.2) is 130 Å². The van der Waals surface area contributed by atoms with Gasteiger partial charge in [0, 0.05) is 74.3 Å². The van der Waals surface area contributed by atoms with Gasteiger partial charge in [0.25, 0.3) is 31.9 Å². The summed E-state index contributed by atoms with van der Waals surface area (Å²) in [6.07, 6.45) is 22.0. The van der Waals surface area contributed by atoms with Crippen molar-refractivity contribution in [3.63, 3.8) is 0 Å². The normalized spacial score (nSPS) is 12.3.